The van der Waals surface area contributed by atoms with Crippen LogP contribution in [0.5, 0.6) is 0 Å². The van der Waals surface area contributed by atoms with Crippen molar-refractivity contribution in [3.05, 3.63) is 59.7 Å². The van der Waals surface area contributed by atoms with Crippen molar-refractivity contribution in [2.75, 3.05) is 20.1 Å². The Kier molecular flexibility index (Phi) is 10.8. The second kappa shape index (κ2) is 14.5. The molecule has 2 aliphatic rings. The van der Waals surface area contributed by atoms with Crippen LogP contribution in [0.2, 0.25) is 0 Å². The summed E-state index contributed by atoms with van der Waals surface area (Å²) in [6.07, 6.45) is 1.44. The van der Waals surface area contributed by atoms with E-state index in [2.05, 4.69) is 21.3 Å². The monoisotopic (exact) mass is 591 g/mol. The van der Waals surface area contributed by atoms with Crippen molar-refractivity contribution < 1.29 is 23.9 Å². The van der Waals surface area contributed by atoms with Crippen molar-refractivity contribution in [1.29, 1.82) is 0 Å². The van der Waals surface area contributed by atoms with Crippen LogP contribution in [0.1, 0.15) is 70.6 Å². The molecule has 43 heavy (non-hydrogen) atoms. The number of ether oxygens (including phenoxy) is 1. The van der Waals surface area contributed by atoms with Crippen LogP contribution in [0.15, 0.2) is 48.5 Å². The van der Waals surface area contributed by atoms with E-state index >= 15 is 0 Å². The molecule has 2 aromatic rings. The van der Waals surface area contributed by atoms with Crippen LogP contribution in [-0.4, -0.2) is 73.0 Å². The maximum Gasteiger partial charge on any atom is 0.410 e. The first-order valence-electron chi connectivity index (χ1n) is 15.3. The maximum absolute atomic E-state index is 13.3. The normalized spacial score (nSPS) is 17.1. The number of carbonyl (C=O) groups is 4. The molecule has 0 radical (unpaired) electrons. The van der Waals surface area contributed by atoms with E-state index < -0.39 is 30.2 Å². The molecule has 1 aliphatic carbocycles. The van der Waals surface area contributed by atoms with Crippen molar-refractivity contribution in [3.63, 3.8) is 0 Å². The van der Waals surface area contributed by atoms with Crippen LogP contribution in [-0.2, 0) is 19.1 Å². The molecule has 1 heterocycles. The van der Waals surface area contributed by atoms with Gasteiger partial charge in [-0.1, -0.05) is 62.4 Å². The van der Waals surface area contributed by atoms with Crippen molar-refractivity contribution in [2.24, 2.45) is 5.92 Å². The lowest BCUT2D eigenvalue weighted by molar-refractivity contribution is -0.133. The van der Waals surface area contributed by atoms with Crippen LogP contribution in [0, 0.1) is 5.92 Å². The van der Waals surface area contributed by atoms with Gasteiger partial charge in [-0.05, 0) is 63.1 Å². The SMILES string of the molecule is CC(C)NC(=O)[C@H](CCCN(C)C(=O)OC1c2ccccc2-c2ccccc21)NC(=O)[C@@H](NC(=O)[C@@H]1CCCN1)C(C)C. The summed E-state index contributed by atoms with van der Waals surface area (Å²) >= 11 is 0. The van der Waals surface area contributed by atoms with Gasteiger partial charge in [-0.25, -0.2) is 4.79 Å². The largest absolute Gasteiger partial charge is 0.436 e. The Balaban J connectivity index is 1.35. The third kappa shape index (κ3) is 7.93. The topological polar surface area (TPSA) is 129 Å². The molecule has 1 saturated heterocycles. The number of rotatable bonds is 12. The number of carbonyl (C=O) groups excluding carboxylic acids is 4. The number of nitrogens with one attached hydrogen (secondary N) is 4. The minimum atomic E-state index is -0.823. The summed E-state index contributed by atoms with van der Waals surface area (Å²) in [5.74, 6) is -1.09. The van der Waals surface area contributed by atoms with Crippen LogP contribution in [0.25, 0.3) is 11.1 Å². The van der Waals surface area contributed by atoms with Gasteiger partial charge in [0.1, 0.15) is 12.1 Å². The molecule has 0 unspecified atom stereocenters. The second-order valence-electron chi connectivity index (χ2n) is 12.1. The van der Waals surface area contributed by atoms with E-state index in [1.54, 1.807) is 7.05 Å². The molecule has 3 atom stereocenters. The highest BCUT2D eigenvalue weighted by molar-refractivity contribution is 5.93. The average Bonchev–Trinajstić information content (AvgIpc) is 3.62. The van der Waals surface area contributed by atoms with Crippen molar-refractivity contribution in [3.8, 4) is 11.1 Å². The highest BCUT2D eigenvalue weighted by atomic mass is 16.6. The van der Waals surface area contributed by atoms with E-state index in [1.165, 1.54) is 4.90 Å². The summed E-state index contributed by atoms with van der Waals surface area (Å²) in [6.45, 7) is 8.53. The van der Waals surface area contributed by atoms with E-state index in [9.17, 15) is 19.2 Å². The Morgan fingerprint density at radius 3 is 2.09 bits per heavy atom. The zero-order valence-corrected chi connectivity index (χ0v) is 25.8. The minimum absolute atomic E-state index is 0.115. The quantitative estimate of drug-likeness (QED) is 0.299. The third-order valence-electron chi connectivity index (χ3n) is 7.98. The first kappa shape index (κ1) is 32.0. The smallest absolute Gasteiger partial charge is 0.410 e. The van der Waals surface area contributed by atoms with Crippen LogP contribution >= 0.6 is 0 Å². The van der Waals surface area contributed by atoms with Gasteiger partial charge < -0.3 is 30.9 Å². The Bertz CT molecular complexity index is 1260. The predicted molar refractivity (Wildman–Crippen MR) is 165 cm³/mol. The molecule has 0 bridgehead atoms. The Hall–Kier alpha value is -3.92. The number of nitrogens with zero attached hydrogens (tertiary/aromatic N) is 1. The average molecular weight is 592 g/mol. The summed E-state index contributed by atoms with van der Waals surface area (Å²) in [7, 11) is 1.66. The molecule has 4 rings (SSSR count). The molecular weight excluding hydrogens is 546 g/mol. The van der Waals surface area contributed by atoms with Gasteiger partial charge in [0.2, 0.25) is 17.7 Å². The third-order valence-corrected chi connectivity index (χ3v) is 7.98. The Labute approximate surface area is 254 Å². The first-order chi connectivity index (χ1) is 20.6. The summed E-state index contributed by atoms with van der Waals surface area (Å²) in [6, 6.07) is 13.8. The van der Waals surface area contributed by atoms with Gasteiger partial charge in [0.25, 0.3) is 0 Å². The molecule has 0 aromatic heterocycles. The zero-order chi connectivity index (χ0) is 31.1. The van der Waals surface area contributed by atoms with E-state index in [4.69, 9.17) is 4.74 Å². The van der Waals surface area contributed by atoms with Gasteiger partial charge in [-0.2, -0.15) is 0 Å². The highest BCUT2D eigenvalue weighted by Crippen LogP contribution is 2.45. The summed E-state index contributed by atoms with van der Waals surface area (Å²) < 4.78 is 5.98. The van der Waals surface area contributed by atoms with Gasteiger partial charge in [-0.15, -0.1) is 0 Å². The van der Waals surface area contributed by atoms with Gasteiger partial charge in [0.15, 0.2) is 6.10 Å². The molecule has 0 spiro atoms. The van der Waals surface area contributed by atoms with E-state index in [0.29, 0.717) is 19.4 Å². The molecule has 2 aromatic carbocycles. The first-order valence-corrected chi connectivity index (χ1v) is 15.3. The van der Waals surface area contributed by atoms with Gasteiger partial charge in [-0.3, -0.25) is 14.4 Å². The fraction of sp³-hybridized carbons (Fsp3) is 0.515. The van der Waals surface area contributed by atoms with E-state index in [-0.39, 0.29) is 29.8 Å². The van der Waals surface area contributed by atoms with Crippen molar-refractivity contribution >= 4 is 23.8 Å². The van der Waals surface area contributed by atoms with Gasteiger partial charge in [0.05, 0.1) is 6.04 Å². The number of amides is 4. The fourth-order valence-electron chi connectivity index (χ4n) is 5.66. The zero-order valence-electron chi connectivity index (χ0n) is 25.8. The van der Waals surface area contributed by atoms with Gasteiger partial charge in [0, 0.05) is 30.8 Å². The molecule has 1 aliphatic heterocycles. The Morgan fingerprint density at radius 1 is 0.907 bits per heavy atom. The number of hydrogen-bond donors (Lipinski definition) is 4. The molecule has 10 heteroatoms. The van der Waals surface area contributed by atoms with Crippen LogP contribution in [0.4, 0.5) is 4.79 Å². The molecule has 10 nitrogen and oxygen atoms in total. The number of fused-ring (bicyclic) bond motifs is 3. The lowest BCUT2D eigenvalue weighted by Crippen LogP contribution is -2.57. The van der Waals surface area contributed by atoms with E-state index in [1.807, 2.05) is 76.2 Å². The standard InChI is InChI=1S/C33H45N5O5/c1-20(2)28(37-30(39)26-16-10-18-34-26)32(41)36-27(31(40)35-21(3)4)17-11-19-38(5)33(42)43-29-24-14-8-6-12-22(24)23-13-7-9-15-25(23)29/h6-9,12-15,20-21,26-29,34H,10-11,16-19H2,1-5H3,(H,35,40)(H,36,41)(H,37,39)/t26-,27-,28-/m0/s1. The van der Waals surface area contributed by atoms with E-state index in [0.717, 1.165) is 41.6 Å². The molecular formula is C33H45N5O5. The fourth-order valence-corrected chi connectivity index (χ4v) is 5.66. The maximum atomic E-state index is 13.3. The highest BCUT2D eigenvalue weighted by Gasteiger charge is 2.33. The molecule has 1 fully saturated rings. The second-order valence-corrected chi connectivity index (χ2v) is 12.1. The minimum Gasteiger partial charge on any atom is -0.436 e. The lowest BCUT2D eigenvalue weighted by Gasteiger charge is -2.27. The Morgan fingerprint density at radius 2 is 1.53 bits per heavy atom. The molecule has 232 valence electrons. The molecule has 0 saturated carbocycles. The molecule has 4 amide bonds. The summed E-state index contributed by atoms with van der Waals surface area (Å²) in [5, 5.41) is 11.8. The molecule has 4 N–H and O–H groups in total. The predicted octanol–water partition coefficient (Wildman–Crippen LogP) is 3.51. The number of hydrogen-bond acceptors (Lipinski definition) is 6. The van der Waals surface area contributed by atoms with Crippen LogP contribution in [0.3, 0.4) is 0 Å². The number of benzene rings is 2. The summed E-state index contributed by atoms with van der Waals surface area (Å²) in [5.41, 5.74) is 4.02. The van der Waals surface area contributed by atoms with Crippen LogP contribution < -0.4 is 21.3 Å². The van der Waals surface area contributed by atoms with Gasteiger partial charge >= 0.3 is 6.09 Å². The summed E-state index contributed by atoms with van der Waals surface area (Å²) in [4.78, 5) is 53.7. The van der Waals surface area contributed by atoms with Crippen molar-refractivity contribution in [1.82, 2.24) is 26.2 Å². The lowest BCUT2D eigenvalue weighted by atomic mass is 10.0. The van der Waals surface area contributed by atoms with Crippen molar-refractivity contribution in [2.45, 2.75) is 83.6 Å².